The van der Waals surface area contributed by atoms with Crippen LogP contribution in [0.3, 0.4) is 0 Å². The quantitative estimate of drug-likeness (QED) is 0.813. The molecule has 0 fully saturated rings. The maximum Gasteiger partial charge on any atom is 0.397 e. The molecule has 1 aromatic heterocycles. The summed E-state index contributed by atoms with van der Waals surface area (Å²) in [7, 11) is 0. The number of halogens is 3. The van der Waals surface area contributed by atoms with E-state index >= 15 is 0 Å². The van der Waals surface area contributed by atoms with Crippen LogP contribution in [0.2, 0.25) is 0 Å². The lowest BCUT2D eigenvalue weighted by atomic mass is 9.82. The number of anilines is 1. The van der Waals surface area contributed by atoms with Crippen LogP contribution in [0.5, 0.6) is 0 Å². The lowest BCUT2D eigenvalue weighted by Gasteiger charge is -2.30. The molecular formula is C19H16F3N3O2. The highest BCUT2D eigenvalue weighted by Gasteiger charge is 2.49. The van der Waals surface area contributed by atoms with E-state index in [2.05, 4.69) is 15.3 Å². The van der Waals surface area contributed by atoms with Gasteiger partial charge >= 0.3 is 12.1 Å². The number of aromatic carboxylic acids is 1. The van der Waals surface area contributed by atoms with Crippen molar-refractivity contribution in [2.75, 3.05) is 5.32 Å². The van der Waals surface area contributed by atoms with Gasteiger partial charge in [-0.25, -0.2) is 14.8 Å². The predicted octanol–water partition coefficient (Wildman–Crippen LogP) is 4.67. The first-order valence-electron chi connectivity index (χ1n) is 8.06. The number of benzene rings is 1. The molecule has 0 saturated heterocycles. The number of nitrogens with one attached hydrogen (secondary N) is 1. The molecule has 0 spiro atoms. The normalized spacial score (nSPS) is 19.5. The van der Waals surface area contributed by atoms with E-state index in [1.54, 1.807) is 12.1 Å². The van der Waals surface area contributed by atoms with Gasteiger partial charge in [0.1, 0.15) is 6.33 Å². The minimum atomic E-state index is -4.33. The standard InChI is InChI=1S/C19H16F3N3O2/c1-18(19(20,21)22)7-4-13(5-8-18)25-16-3-2-12(17(26)27)10-14(16)15-6-9-23-11-24-15/h2-7,9-11,25H,8H2,1H3,(H,26,27). The lowest BCUT2D eigenvalue weighted by molar-refractivity contribution is -0.199. The van der Waals surface area contributed by atoms with Crippen molar-refractivity contribution in [2.45, 2.75) is 19.5 Å². The zero-order valence-electron chi connectivity index (χ0n) is 14.3. The van der Waals surface area contributed by atoms with Crippen molar-refractivity contribution in [3.05, 3.63) is 66.3 Å². The second-order valence-corrected chi connectivity index (χ2v) is 6.40. The molecule has 1 heterocycles. The summed E-state index contributed by atoms with van der Waals surface area (Å²) >= 11 is 0. The van der Waals surface area contributed by atoms with E-state index in [9.17, 15) is 23.1 Å². The van der Waals surface area contributed by atoms with Gasteiger partial charge in [-0.05, 0) is 43.7 Å². The van der Waals surface area contributed by atoms with Gasteiger partial charge in [-0.2, -0.15) is 13.2 Å². The molecule has 1 aliphatic rings. The third kappa shape index (κ3) is 3.84. The molecule has 0 bridgehead atoms. The van der Waals surface area contributed by atoms with Crippen LogP contribution in [0.15, 0.2) is 60.7 Å². The summed E-state index contributed by atoms with van der Waals surface area (Å²) in [5, 5.41) is 12.3. The first-order chi connectivity index (χ1) is 12.7. The molecule has 140 valence electrons. The number of hydrogen-bond donors (Lipinski definition) is 2. The third-order valence-electron chi connectivity index (χ3n) is 4.43. The fraction of sp³-hybridized carbons (Fsp3) is 0.211. The van der Waals surface area contributed by atoms with Crippen LogP contribution in [0.25, 0.3) is 11.3 Å². The molecule has 2 aromatic rings. The van der Waals surface area contributed by atoms with Gasteiger partial charge in [0, 0.05) is 23.1 Å². The fourth-order valence-electron chi connectivity index (χ4n) is 2.64. The average Bonchev–Trinajstić information content (AvgIpc) is 2.63. The number of carboxylic acids is 1. The molecule has 1 atom stereocenters. The smallest absolute Gasteiger partial charge is 0.397 e. The topological polar surface area (TPSA) is 75.1 Å². The largest absolute Gasteiger partial charge is 0.478 e. The highest BCUT2D eigenvalue weighted by Crippen LogP contribution is 2.44. The number of alkyl halides is 3. The first kappa shape index (κ1) is 18.6. The number of aromatic nitrogens is 2. The highest BCUT2D eigenvalue weighted by atomic mass is 19.4. The number of hydrogen-bond acceptors (Lipinski definition) is 4. The van der Waals surface area contributed by atoms with Crippen LogP contribution in [-0.4, -0.2) is 27.2 Å². The molecule has 1 unspecified atom stereocenters. The summed E-state index contributed by atoms with van der Waals surface area (Å²) in [6.07, 6.45) is 2.32. The van der Waals surface area contributed by atoms with Gasteiger partial charge in [0.25, 0.3) is 0 Å². The molecule has 0 amide bonds. The molecule has 0 saturated carbocycles. The van der Waals surface area contributed by atoms with Crippen molar-refractivity contribution in [1.82, 2.24) is 9.97 Å². The van der Waals surface area contributed by atoms with Crippen molar-refractivity contribution in [1.29, 1.82) is 0 Å². The second kappa shape index (κ2) is 6.86. The molecule has 1 aliphatic carbocycles. The lowest BCUT2D eigenvalue weighted by Crippen LogP contribution is -2.34. The number of carbonyl (C=O) groups is 1. The van der Waals surface area contributed by atoms with E-state index in [0.717, 1.165) is 13.0 Å². The Balaban J connectivity index is 1.92. The first-order valence-corrected chi connectivity index (χ1v) is 8.06. The summed E-state index contributed by atoms with van der Waals surface area (Å²) in [4.78, 5) is 19.2. The minimum Gasteiger partial charge on any atom is -0.478 e. The zero-order valence-corrected chi connectivity index (χ0v) is 14.3. The molecular weight excluding hydrogens is 359 g/mol. The fourth-order valence-corrected chi connectivity index (χ4v) is 2.64. The average molecular weight is 375 g/mol. The minimum absolute atomic E-state index is 0.0759. The molecule has 5 nitrogen and oxygen atoms in total. The van der Waals surface area contributed by atoms with E-state index in [-0.39, 0.29) is 12.0 Å². The highest BCUT2D eigenvalue weighted by molar-refractivity contribution is 5.92. The summed E-state index contributed by atoms with van der Waals surface area (Å²) in [6, 6.07) is 6.06. The van der Waals surface area contributed by atoms with Crippen LogP contribution in [0.1, 0.15) is 23.7 Å². The molecule has 3 rings (SSSR count). The van der Waals surface area contributed by atoms with Gasteiger partial charge in [0.15, 0.2) is 0 Å². The third-order valence-corrected chi connectivity index (χ3v) is 4.43. The number of carboxylic acid groups (broad SMARTS) is 1. The second-order valence-electron chi connectivity index (χ2n) is 6.40. The number of rotatable bonds is 4. The Labute approximate surface area is 153 Å². The van der Waals surface area contributed by atoms with E-state index in [0.29, 0.717) is 22.6 Å². The van der Waals surface area contributed by atoms with Crippen molar-refractivity contribution < 1.29 is 23.1 Å². The van der Waals surface area contributed by atoms with Crippen LogP contribution < -0.4 is 5.32 Å². The molecule has 2 N–H and O–H groups in total. The number of allylic oxidation sites excluding steroid dienone is 3. The van der Waals surface area contributed by atoms with E-state index in [1.807, 2.05) is 0 Å². The summed E-state index contributed by atoms with van der Waals surface area (Å²) in [5.41, 5.74) is 0.208. The Bertz CT molecular complexity index is 924. The van der Waals surface area contributed by atoms with E-state index in [4.69, 9.17) is 0 Å². The van der Waals surface area contributed by atoms with Gasteiger partial charge in [0.05, 0.1) is 16.7 Å². The van der Waals surface area contributed by atoms with Gasteiger partial charge in [0.2, 0.25) is 0 Å². The maximum atomic E-state index is 13.1. The summed E-state index contributed by atoms with van der Waals surface area (Å²) < 4.78 is 39.3. The Hall–Kier alpha value is -3.16. The van der Waals surface area contributed by atoms with Gasteiger partial charge in [-0.3, -0.25) is 0 Å². The van der Waals surface area contributed by atoms with Crippen molar-refractivity contribution in [3.8, 4) is 11.3 Å². The predicted molar refractivity (Wildman–Crippen MR) is 94.1 cm³/mol. The monoisotopic (exact) mass is 375 g/mol. The zero-order chi connectivity index (χ0) is 19.7. The van der Waals surface area contributed by atoms with Gasteiger partial charge < -0.3 is 10.4 Å². The number of nitrogens with zero attached hydrogens (tertiary/aromatic N) is 2. The Morgan fingerprint density at radius 2 is 2.07 bits per heavy atom. The molecule has 27 heavy (non-hydrogen) atoms. The van der Waals surface area contributed by atoms with Crippen LogP contribution in [-0.2, 0) is 0 Å². The van der Waals surface area contributed by atoms with Crippen molar-refractivity contribution >= 4 is 11.7 Å². The summed E-state index contributed by atoms with van der Waals surface area (Å²) in [5.74, 6) is -1.09. The molecule has 8 heteroatoms. The van der Waals surface area contributed by atoms with Gasteiger partial charge in [-0.15, -0.1) is 0 Å². The van der Waals surface area contributed by atoms with E-state index in [1.165, 1.54) is 36.8 Å². The van der Waals surface area contributed by atoms with E-state index < -0.39 is 17.6 Å². The molecule has 0 aliphatic heterocycles. The molecule has 1 aromatic carbocycles. The maximum absolute atomic E-state index is 13.1. The Morgan fingerprint density at radius 3 is 2.63 bits per heavy atom. The van der Waals surface area contributed by atoms with Crippen molar-refractivity contribution in [2.24, 2.45) is 5.41 Å². The SMILES string of the molecule is CC1(C(F)(F)F)C=CC(Nc2ccc(C(=O)O)cc2-c2ccncn2)=CC1. The van der Waals surface area contributed by atoms with Crippen LogP contribution in [0.4, 0.5) is 18.9 Å². The summed E-state index contributed by atoms with van der Waals surface area (Å²) in [6.45, 7) is 1.14. The van der Waals surface area contributed by atoms with Gasteiger partial charge in [-0.1, -0.05) is 12.2 Å². The Morgan fingerprint density at radius 1 is 1.30 bits per heavy atom. The van der Waals surface area contributed by atoms with Crippen LogP contribution in [0, 0.1) is 5.41 Å². The molecule has 0 radical (unpaired) electrons. The van der Waals surface area contributed by atoms with Crippen molar-refractivity contribution in [3.63, 3.8) is 0 Å². The Kier molecular flexibility index (Phi) is 4.73. The van der Waals surface area contributed by atoms with Crippen LogP contribution >= 0.6 is 0 Å².